The van der Waals surface area contributed by atoms with Gasteiger partial charge in [-0.25, -0.2) is 0 Å². The molecule has 0 bridgehead atoms. The molecule has 1 atom stereocenters. The Labute approximate surface area is 53.7 Å². The average molecular weight is 127 g/mol. The number of ether oxygens (including phenoxy) is 1. The summed E-state index contributed by atoms with van der Waals surface area (Å²) in [6.07, 6.45) is 1.46. The summed E-state index contributed by atoms with van der Waals surface area (Å²) in [7, 11) is 1.56. The highest BCUT2D eigenvalue weighted by molar-refractivity contribution is 5.91. The molecule has 0 aromatic rings. The van der Waals surface area contributed by atoms with Crippen molar-refractivity contribution < 1.29 is 9.53 Å². The van der Waals surface area contributed by atoms with Gasteiger partial charge in [0.05, 0.1) is 13.2 Å². The van der Waals surface area contributed by atoms with Gasteiger partial charge in [-0.05, 0) is 6.92 Å². The van der Waals surface area contributed by atoms with E-state index < -0.39 is 0 Å². The maximum Gasteiger partial charge on any atom is 0.248 e. The van der Waals surface area contributed by atoms with E-state index in [1.807, 2.05) is 6.92 Å². The first-order valence-corrected chi connectivity index (χ1v) is 2.80. The first-order valence-electron chi connectivity index (χ1n) is 2.80. The van der Waals surface area contributed by atoms with Crippen molar-refractivity contribution in [2.45, 2.75) is 13.0 Å². The fraction of sp³-hybridized carbons (Fsp3) is 0.500. The van der Waals surface area contributed by atoms with E-state index in [4.69, 9.17) is 4.74 Å². The predicted octanol–water partition coefficient (Wildman–Crippen LogP) is 0.0350. The maximum atomic E-state index is 10.6. The van der Waals surface area contributed by atoms with Gasteiger partial charge in [0.1, 0.15) is 5.76 Å². The van der Waals surface area contributed by atoms with E-state index in [2.05, 4.69) is 5.32 Å². The van der Waals surface area contributed by atoms with Crippen LogP contribution < -0.4 is 5.32 Å². The van der Waals surface area contributed by atoms with Gasteiger partial charge in [-0.1, -0.05) is 0 Å². The molecule has 0 fully saturated rings. The summed E-state index contributed by atoms with van der Waals surface area (Å²) in [5.74, 6) is 0.638. The minimum Gasteiger partial charge on any atom is -0.499 e. The smallest absolute Gasteiger partial charge is 0.248 e. The molecule has 0 aromatic heterocycles. The monoisotopic (exact) mass is 127 g/mol. The molecule has 3 nitrogen and oxygen atoms in total. The summed E-state index contributed by atoms with van der Waals surface area (Å²) < 4.78 is 4.87. The van der Waals surface area contributed by atoms with E-state index in [1.165, 1.54) is 6.08 Å². The lowest BCUT2D eigenvalue weighted by Crippen LogP contribution is -2.25. The molecule has 1 amide bonds. The average Bonchev–Trinajstić information content (AvgIpc) is 2.10. The summed E-state index contributed by atoms with van der Waals surface area (Å²) >= 11 is 0. The van der Waals surface area contributed by atoms with Crippen molar-refractivity contribution in [2.75, 3.05) is 7.11 Å². The SMILES string of the molecule is COC1=CC(=O)N[C@@H]1C. The van der Waals surface area contributed by atoms with Crippen LogP contribution in [0.4, 0.5) is 0 Å². The van der Waals surface area contributed by atoms with Gasteiger partial charge in [0, 0.05) is 6.08 Å². The number of carbonyl (C=O) groups excluding carboxylic acids is 1. The first-order chi connectivity index (χ1) is 4.24. The molecule has 9 heavy (non-hydrogen) atoms. The minimum absolute atomic E-state index is 0.0440. The Morgan fingerprint density at radius 2 is 2.44 bits per heavy atom. The molecule has 0 saturated carbocycles. The second-order valence-electron chi connectivity index (χ2n) is 1.98. The first kappa shape index (κ1) is 6.13. The van der Waals surface area contributed by atoms with Crippen LogP contribution in [0.3, 0.4) is 0 Å². The topological polar surface area (TPSA) is 38.3 Å². The molecule has 50 valence electrons. The Bertz CT molecular complexity index is 162. The molecule has 0 spiro atoms. The lowest BCUT2D eigenvalue weighted by molar-refractivity contribution is -0.116. The number of nitrogens with one attached hydrogen (secondary N) is 1. The van der Waals surface area contributed by atoms with Crippen molar-refractivity contribution in [1.29, 1.82) is 0 Å². The number of methoxy groups -OCH3 is 1. The largest absolute Gasteiger partial charge is 0.499 e. The molecular weight excluding hydrogens is 118 g/mol. The van der Waals surface area contributed by atoms with Crippen LogP contribution in [0.25, 0.3) is 0 Å². The number of hydrogen-bond donors (Lipinski definition) is 1. The van der Waals surface area contributed by atoms with Crippen molar-refractivity contribution in [1.82, 2.24) is 5.32 Å². The maximum absolute atomic E-state index is 10.6. The highest BCUT2D eigenvalue weighted by atomic mass is 16.5. The van der Waals surface area contributed by atoms with Crippen LogP contribution in [0.1, 0.15) is 6.92 Å². The van der Waals surface area contributed by atoms with Crippen molar-refractivity contribution >= 4 is 5.91 Å². The summed E-state index contributed by atoms with van der Waals surface area (Å²) in [5, 5.41) is 2.66. The third-order valence-corrected chi connectivity index (χ3v) is 1.29. The lowest BCUT2D eigenvalue weighted by Gasteiger charge is -2.05. The van der Waals surface area contributed by atoms with Gasteiger partial charge in [-0.2, -0.15) is 0 Å². The zero-order valence-electron chi connectivity index (χ0n) is 5.47. The Kier molecular flexibility index (Phi) is 1.42. The van der Waals surface area contributed by atoms with Gasteiger partial charge in [-0.3, -0.25) is 4.79 Å². The molecule has 0 saturated heterocycles. The van der Waals surface area contributed by atoms with E-state index in [1.54, 1.807) is 7.11 Å². The molecule has 1 aliphatic rings. The quantitative estimate of drug-likeness (QED) is 0.540. The van der Waals surface area contributed by atoms with Crippen molar-refractivity contribution in [3.05, 3.63) is 11.8 Å². The molecule has 1 aliphatic heterocycles. The van der Waals surface area contributed by atoms with Crippen LogP contribution in [-0.2, 0) is 9.53 Å². The zero-order valence-corrected chi connectivity index (χ0v) is 5.47. The van der Waals surface area contributed by atoms with E-state index >= 15 is 0 Å². The molecule has 0 radical (unpaired) electrons. The zero-order chi connectivity index (χ0) is 6.85. The third kappa shape index (κ3) is 1.04. The summed E-state index contributed by atoms with van der Waals surface area (Å²) in [6.45, 7) is 1.88. The van der Waals surface area contributed by atoms with E-state index in [0.29, 0.717) is 5.76 Å². The number of rotatable bonds is 1. The summed E-state index contributed by atoms with van der Waals surface area (Å²) in [6, 6.07) is 0.0440. The van der Waals surface area contributed by atoms with Crippen LogP contribution in [0.2, 0.25) is 0 Å². The van der Waals surface area contributed by atoms with Crippen molar-refractivity contribution in [3.63, 3.8) is 0 Å². The van der Waals surface area contributed by atoms with Gasteiger partial charge in [0.2, 0.25) is 5.91 Å². The Balaban J connectivity index is 2.68. The summed E-state index contributed by atoms with van der Waals surface area (Å²) in [4.78, 5) is 10.6. The van der Waals surface area contributed by atoms with Crippen molar-refractivity contribution in [3.8, 4) is 0 Å². The van der Waals surface area contributed by atoms with Crippen LogP contribution in [0.5, 0.6) is 0 Å². The van der Waals surface area contributed by atoms with Crippen LogP contribution in [0, 0.1) is 0 Å². The molecule has 1 N–H and O–H groups in total. The fourth-order valence-corrected chi connectivity index (χ4v) is 0.816. The predicted molar refractivity (Wildman–Crippen MR) is 32.7 cm³/mol. The van der Waals surface area contributed by atoms with Gasteiger partial charge < -0.3 is 10.1 Å². The van der Waals surface area contributed by atoms with Gasteiger partial charge in [0.25, 0.3) is 0 Å². The van der Waals surface area contributed by atoms with Crippen LogP contribution >= 0.6 is 0 Å². The second-order valence-corrected chi connectivity index (χ2v) is 1.98. The number of hydrogen-bond acceptors (Lipinski definition) is 2. The second kappa shape index (κ2) is 2.09. The molecule has 1 heterocycles. The minimum atomic E-state index is -0.0700. The van der Waals surface area contributed by atoms with E-state index in [9.17, 15) is 4.79 Å². The van der Waals surface area contributed by atoms with Gasteiger partial charge in [-0.15, -0.1) is 0 Å². The number of amides is 1. The van der Waals surface area contributed by atoms with Gasteiger partial charge >= 0.3 is 0 Å². The van der Waals surface area contributed by atoms with Crippen LogP contribution in [-0.4, -0.2) is 19.1 Å². The molecule has 0 unspecified atom stereocenters. The molecule has 3 heteroatoms. The van der Waals surface area contributed by atoms with Crippen LogP contribution in [0.15, 0.2) is 11.8 Å². The Morgan fingerprint density at radius 3 is 2.67 bits per heavy atom. The lowest BCUT2D eigenvalue weighted by atomic mass is 10.3. The molecular formula is C6H9NO2. The highest BCUT2D eigenvalue weighted by Gasteiger charge is 2.18. The third-order valence-electron chi connectivity index (χ3n) is 1.29. The molecule has 1 rings (SSSR count). The van der Waals surface area contributed by atoms with Crippen molar-refractivity contribution in [2.24, 2.45) is 0 Å². The van der Waals surface area contributed by atoms with E-state index in [-0.39, 0.29) is 11.9 Å². The molecule has 0 aliphatic carbocycles. The Morgan fingerprint density at radius 1 is 1.78 bits per heavy atom. The summed E-state index contributed by atoms with van der Waals surface area (Å²) in [5.41, 5.74) is 0. The highest BCUT2D eigenvalue weighted by Crippen LogP contribution is 2.07. The molecule has 0 aromatic carbocycles. The standard InChI is InChI=1S/C6H9NO2/c1-4-5(9-2)3-6(8)7-4/h3-4H,1-2H3,(H,7,8)/t4-/m1/s1. The van der Waals surface area contributed by atoms with E-state index in [0.717, 1.165) is 0 Å². The fourth-order valence-electron chi connectivity index (χ4n) is 0.816. The number of carbonyl (C=O) groups is 1. The van der Waals surface area contributed by atoms with Gasteiger partial charge in [0.15, 0.2) is 0 Å². The normalized spacial score (nSPS) is 25.3. The Hall–Kier alpha value is -0.990.